The highest BCUT2D eigenvalue weighted by Gasteiger charge is 2.46. The third-order valence-corrected chi connectivity index (χ3v) is 5.27. The van der Waals surface area contributed by atoms with Gasteiger partial charge in [0.25, 0.3) is 0 Å². The minimum Gasteiger partial charge on any atom is -0.375 e. The molecule has 3 rings (SSSR count). The van der Waals surface area contributed by atoms with Crippen molar-refractivity contribution in [1.29, 1.82) is 0 Å². The number of hydrogen-bond acceptors (Lipinski definition) is 2. The molecule has 3 aliphatic rings. The van der Waals surface area contributed by atoms with Crippen molar-refractivity contribution in [3.05, 3.63) is 0 Å². The number of nitrogens with zero attached hydrogens (tertiary/aromatic N) is 1. The summed E-state index contributed by atoms with van der Waals surface area (Å²) in [6, 6.07) is 0.919. The van der Waals surface area contributed by atoms with Crippen LogP contribution in [0.4, 0.5) is 0 Å². The van der Waals surface area contributed by atoms with Gasteiger partial charge in [-0.1, -0.05) is 12.8 Å². The lowest BCUT2D eigenvalue weighted by atomic mass is 9.74. The molecule has 98 valence electrons. The third-order valence-electron chi connectivity index (χ3n) is 5.27. The van der Waals surface area contributed by atoms with Crippen LogP contribution in [0.1, 0.15) is 58.8 Å². The average molecular weight is 237 g/mol. The molecule has 1 aliphatic carbocycles. The fourth-order valence-electron chi connectivity index (χ4n) is 4.31. The van der Waals surface area contributed by atoms with Crippen LogP contribution in [0.25, 0.3) is 0 Å². The van der Waals surface area contributed by atoms with Gasteiger partial charge in [0.15, 0.2) is 0 Å². The summed E-state index contributed by atoms with van der Waals surface area (Å²) in [4.78, 5) is 2.77. The van der Waals surface area contributed by atoms with Crippen LogP contribution in [-0.2, 0) is 4.74 Å². The van der Waals surface area contributed by atoms with Gasteiger partial charge in [0.2, 0.25) is 0 Å². The molecular formula is C15H27NO. The first kappa shape index (κ1) is 12.0. The minimum absolute atomic E-state index is 0.134. The van der Waals surface area contributed by atoms with E-state index in [2.05, 4.69) is 18.7 Å². The Balaban J connectivity index is 1.57. The second kappa shape index (κ2) is 4.24. The summed E-state index contributed by atoms with van der Waals surface area (Å²) in [5.41, 5.74) is 0.661. The van der Waals surface area contributed by atoms with Gasteiger partial charge < -0.3 is 9.64 Å². The van der Waals surface area contributed by atoms with Crippen molar-refractivity contribution >= 4 is 0 Å². The molecule has 0 aromatic rings. The van der Waals surface area contributed by atoms with Gasteiger partial charge in [-0.2, -0.15) is 0 Å². The molecule has 0 aromatic heterocycles. The van der Waals surface area contributed by atoms with Crippen molar-refractivity contribution in [3.63, 3.8) is 0 Å². The van der Waals surface area contributed by atoms with E-state index in [-0.39, 0.29) is 5.60 Å². The number of piperidine rings is 1. The number of hydrogen-bond donors (Lipinski definition) is 0. The average Bonchev–Trinajstić information content (AvgIpc) is 2.89. The summed E-state index contributed by atoms with van der Waals surface area (Å²) in [6.07, 6.45) is 9.84. The highest BCUT2D eigenvalue weighted by Crippen LogP contribution is 2.46. The Bertz CT molecular complexity index is 273. The van der Waals surface area contributed by atoms with E-state index < -0.39 is 0 Å². The maximum Gasteiger partial charge on any atom is 0.0633 e. The topological polar surface area (TPSA) is 12.5 Å². The zero-order valence-electron chi connectivity index (χ0n) is 11.5. The van der Waals surface area contributed by atoms with Crippen LogP contribution < -0.4 is 0 Å². The van der Waals surface area contributed by atoms with Crippen LogP contribution >= 0.6 is 0 Å². The molecule has 2 nitrogen and oxygen atoms in total. The molecule has 0 unspecified atom stereocenters. The molecule has 2 heterocycles. The summed E-state index contributed by atoms with van der Waals surface area (Å²) in [5, 5.41) is 0. The Kier molecular flexibility index (Phi) is 2.99. The fraction of sp³-hybridized carbons (Fsp3) is 1.00. The predicted molar refractivity (Wildman–Crippen MR) is 70.1 cm³/mol. The zero-order chi connectivity index (χ0) is 11.9. The second-order valence-electron chi connectivity index (χ2n) is 7.20. The number of ether oxygens (including phenoxy) is 1. The second-order valence-corrected chi connectivity index (χ2v) is 7.20. The highest BCUT2D eigenvalue weighted by atomic mass is 16.5. The zero-order valence-corrected chi connectivity index (χ0v) is 11.5. The predicted octanol–water partition coefficient (Wildman–Crippen LogP) is 3.21. The van der Waals surface area contributed by atoms with E-state index in [1.807, 2.05) is 0 Å². The SMILES string of the molecule is CC1(C)CC2(CCN(C3CCCC3)CC2)CO1. The largest absolute Gasteiger partial charge is 0.375 e. The van der Waals surface area contributed by atoms with Crippen molar-refractivity contribution in [2.24, 2.45) is 5.41 Å². The first-order valence-electron chi connectivity index (χ1n) is 7.47. The van der Waals surface area contributed by atoms with Gasteiger partial charge in [0.1, 0.15) is 0 Å². The van der Waals surface area contributed by atoms with Crippen molar-refractivity contribution in [1.82, 2.24) is 4.90 Å². The third kappa shape index (κ3) is 2.39. The van der Waals surface area contributed by atoms with Crippen LogP contribution in [0.3, 0.4) is 0 Å². The normalized spacial score (nSPS) is 33.5. The van der Waals surface area contributed by atoms with Gasteiger partial charge in [-0.15, -0.1) is 0 Å². The van der Waals surface area contributed by atoms with Crippen LogP contribution in [-0.4, -0.2) is 36.2 Å². The summed E-state index contributed by atoms with van der Waals surface area (Å²) >= 11 is 0. The van der Waals surface area contributed by atoms with E-state index in [1.165, 1.54) is 58.0 Å². The van der Waals surface area contributed by atoms with Gasteiger partial charge in [0, 0.05) is 6.04 Å². The van der Waals surface area contributed by atoms with Crippen molar-refractivity contribution in [2.45, 2.75) is 70.4 Å². The molecule has 2 heteroatoms. The summed E-state index contributed by atoms with van der Waals surface area (Å²) in [6.45, 7) is 8.17. The van der Waals surface area contributed by atoms with Crippen LogP contribution in [0.2, 0.25) is 0 Å². The first-order valence-corrected chi connectivity index (χ1v) is 7.47. The molecule has 0 N–H and O–H groups in total. The number of likely N-dealkylation sites (tertiary alicyclic amines) is 1. The van der Waals surface area contributed by atoms with Gasteiger partial charge in [0.05, 0.1) is 12.2 Å². The van der Waals surface area contributed by atoms with E-state index in [0.717, 1.165) is 12.6 Å². The Morgan fingerprint density at radius 1 is 1.06 bits per heavy atom. The fourth-order valence-corrected chi connectivity index (χ4v) is 4.31. The van der Waals surface area contributed by atoms with Crippen LogP contribution in [0.15, 0.2) is 0 Å². The molecule has 1 spiro atoms. The number of rotatable bonds is 1. The minimum atomic E-state index is 0.134. The van der Waals surface area contributed by atoms with E-state index in [9.17, 15) is 0 Å². The van der Waals surface area contributed by atoms with Crippen molar-refractivity contribution in [3.8, 4) is 0 Å². The highest BCUT2D eigenvalue weighted by molar-refractivity contribution is 4.97. The van der Waals surface area contributed by atoms with Gasteiger partial charge >= 0.3 is 0 Å². The van der Waals surface area contributed by atoms with Gasteiger partial charge in [-0.25, -0.2) is 0 Å². The molecule has 0 aromatic carbocycles. The molecule has 0 amide bonds. The molecule has 3 fully saturated rings. The molecular weight excluding hydrogens is 210 g/mol. The smallest absolute Gasteiger partial charge is 0.0633 e. The van der Waals surface area contributed by atoms with Crippen LogP contribution in [0.5, 0.6) is 0 Å². The maximum absolute atomic E-state index is 5.98. The van der Waals surface area contributed by atoms with E-state index in [0.29, 0.717) is 5.41 Å². The molecule has 2 saturated heterocycles. The molecule has 0 bridgehead atoms. The lowest BCUT2D eigenvalue weighted by Crippen LogP contribution is -2.44. The van der Waals surface area contributed by atoms with E-state index in [4.69, 9.17) is 4.74 Å². The Morgan fingerprint density at radius 3 is 2.24 bits per heavy atom. The molecule has 2 aliphatic heterocycles. The van der Waals surface area contributed by atoms with E-state index in [1.54, 1.807) is 0 Å². The van der Waals surface area contributed by atoms with Crippen LogP contribution in [0, 0.1) is 5.41 Å². The van der Waals surface area contributed by atoms with E-state index >= 15 is 0 Å². The van der Waals surface area contributed by atoms with Crippen molar-refractivity contribution in [2.75, 3.05) is 19.7 Å². The summed E-state index contributed by atoms with van der Waals surface area (Å²) in [5.74, 6) is 0. The molecule has 17 heavy (non-hydrogen) atoms. The maximum atomic E-state index is 5.98. The Labute approximate surface area is 106 Å². The summed E-state index contributed by atoms with van der Waals surface area (Å²) < 4.78 is 5.98. The molecule has 0 atom stereocenters. The standard InChI is InChI=1S/C15H27NO/c1-14(2)11-15(12-17-14)7-9-16(10-8-15)13-5-3-4-6-13/h13H,3-12H2,1-2H3. The monoisotopic (exact) mass is 237 g/mol. The molecule has 1 saturated carbocycles. The van der Waals surface area contributed by atoms with Crippen molar-refractivity contribution < 1.29 is 4.74 Å². The quantitative estimate of drug-likeness (QED) is 0.694. The lowest BCUT2D eigenvalue weighted by Gasteiger charge is -2.41. The first-order chi connectivity index (χ1) is 8.09. The summed E-state index contributed by atoms with van der Waals surface area (Å²) in [7, 11) is 0. The Hall–Kier alpha value is -0.0800. The lowest BCUT2D eigenvalue weighted by molar-refractivity contribution is 0.0217. The van der Waals surface area contributed by atoms with Gasteiger partial charge in [-0.3, -0.25) is 0 Å². The van der Waals surface area contributed by atoms with Gasteiger partial charge in [-0.05, 0) is 64.5 Å². The molecule has 0 radical (unpaired) electrons. The Morgan fingerprint density at radius 2 is 1.71 bits per heavy atom.